The molecule has 0 atom stereocenters. The number of aromatic amines is 1. The number of nitrogens with one attached hydrogen (secondary N) is 2. The molecule has 12 heteroatoms. The van der Waals surface area contributed by atoms with E-state index in [4.69, 9.17) is 9.47 Å². The zero-order chi connectivity index (χ0) is 28.1. The van der Waals surface area contributed by atoms with Gasteiger partial charge in [0.25, 0.3) is 11.5 Å². The van der Waals surface area contributed by atoms with Crippen molar-refractivity contribution in [2.24, 2.45) is 0 Å². The number of esters is 1. The van der Waals surface area contributed by atoms with Crippen LogP contribution in [-0.2, 0) is 15.6 Å². The third-order valence-corrected chi connectivity index (χ3v) is 7.61. The normalized spacial score (nSPS) is 11.5. The van der Waals surface area contributed by atoms with Crippen molar-refractivity contribution in [3.63, 3.8) is 0 Å². The molecule has 0 aliphatic rings. The number of rotatable bonds is 10. The molecule has 0 bridgehead atoms. The fourth-order valence-corrected chi connectivity index (χ4v) is 4.67. The molecule has 0 fully saturated rings. The first-order valence-electron chi connectivity index (χ1n) is 11.7. The van der Waals surface area contributed by atoms with E-state index in [1.165, 1.54) is 26.3 Å². The topological polar surface area (TPSA) is 148 Å². The first-order valence-corrected chi connectivity index (χ1v) is 13.4. The van der Waals surface area contributed by atoms with Crippen LogP contribution >= 0.6 is 0 Å². The van der Waals surface area contributed by atoms with Gasteiger partial charge in [0.05, 0.1) is 24.0 Å². The van der Waals surface area contributed by atoms with Gasteiger partial charge in [-0.2, -0.15) is 0 Å². The van der Waals surface area contributed by atoms with E-state index in [9.17, 15) is 22.8 Å². The Morgan fingerprint density at radius 3 is 2.42 bits per heavy atom. The number of anilines is 1. The highest BCUT2D eigenvalue weighted by atomic mass is 32.2. The van der Waals surface area contributed by atoms with Crippen molar-refractivity contribution in [1.29, 1.82) is 0 Å². The zero-order valence-corrected chi connectivity index (χ0v) is 22.6. The Hall–Kier alpha value is -4.19. The van der Waals surface area contributed by atoms with Crippen molar-refractivity contribution in [3.05, 3.63) is 81.8 Å². The molecule has 2 N–H and O–H groups in total. The fourth-order valence-electron chi connectivity index (χ4n) is 3.53. The van der Waals surface area contributed by atoms with Crippen LogP contribution in [0.5, 0.6) is 11.5 Å². The van der Waals surface area contributed by atoms with Crippen molar-refractivity contribution < 1.29 is 27.5 Å². The summed E-state index contributed by atoms with van der Waals surface area (Å²) in [6.45, 7) is 5.13. The lowest BCUT2D eigenvalue weighted by Crippen LogP contribution is -2.42. The Bertz CT molecular complexity index is 1480. The SMILES string of the molecule is CCCS(=O)(=O)N(C)c1nc(C(=O)NC(C)(C)c2cccc(OC)c2)c(OC(=O)c2ccccc2)c(=O)[nH]1. The van der Waals surface area contributed by atoms with Crippen LogP contribution in [-0.4, -0.2) is 50.2 Å². The summed E-state index contributed by atoms with van der Waals surface area (Å²) in [5.41, 5.74) is -1.72. The molecule has 0 radical (unpaired) electrons. The zero-order valence-electron chi connectivity index (χ0n) is 21.8. The minimum absolute atomic E-state index is 0.140. The van der Waals surface area contributed by atoms with Gasteiger partial charge in [0.1, 0.15) is 5.75 Å². The summed E-state index contributed by atoms with van der Waals surface area (Å²) in [5.74, 6) is -2.44. The second kappa shape index (κ2) is 11.5. The van der Waals surface area contributed by atoms with Crippen molar-refractivity contribution in [3.8, 4) is 11.5 Å². The summed E-state index contributed by atoms with van der Waals surface area (Å²) in [6.07, 6.45) is 0.325. The number of hydrogen-bond donors (Lipinski definition) is 2. The van der Waals surface area contributed by atoms with E-state index in [2.05, 4.69) is 15.3 Å². The average Bonchev–Trinajstić information content (AvgIpc) is 2.89. The Morgan fingerprint density at radius 2 is 1.79 bits per heavy atom. The molecule has 1 amide bonds. The van der Waals surface area contributed by atoms with E-state index in [0.29, 0.717) is 17.7 Å². The minimum Gasteiger partial charge on any atom is -0.497 e. The van der Waals surface area contributed by atoms with E-state index in [1.54, 1.807) is 63.2 Å². The number of ether oxygens (including phenoxy) is 2. The van der Waals surface area contributed by atoms with Gasteiger partial charge in [-0.05, 0) is 50.1 Å². The third kappa shape index (κ3) is 6.38. The highest BCUT2D eigenvalue weighted by molar-refractivity contribution is 7.92. The molecule has 2 aromatic carbocycles. The van der Waals surface area contributed by atoms with Crippen molar-refractivity contribution in [2.75, 3.05) is 24.2 Å². The highest BCUT2D eigenvalue weighted by Gasteiger charge is 2.31. The molecule has 0 aliphatic carbocycles. The lowest BCUT2D eigenvalue weighted by molar-refractivity contribution is 0.0727. The maximum absolute atomic E-state index is 13.5. The van der Waals surface area contributed by atoms with Gasteiger partial charge in [-0.1, -0.05) is 37.3 Å². The number of sulfonamides is 1. The van der Waals surface area contributed by atoms with Crippen LogP contribution in [0.3, 0.4) is 0 Å². The summed E-state index contributed by atoms with van der Waals surface area (Å²) in [4.78, 5) is 45.7. The monoisotopic (exact) mass is 542 g/mol. The quantitative estimate of drug-likeness (QED) is 0.372. The number of H-pyrrole nitrogens is 1. The summed E-state index contributed by atoms with van der Waals surface area (Å²) in [5, 5.41) is 2.78. The molecule has 3 rings (SSSR count). The molecule has 202 valence electrons. The van der Waals surface area contributed by atoms with Gasteiger partial charge in [0, 0.05) is 7.05 Å². The van der Waals surface area contributed by atoms with Gasteiger partial charge in [0.15, 0.2) is 5.69 Å². The van der Waals surface area contributed by atoms with Crippen LogP contribution in [0.25, 0.3) is 0 Å². The number of carbonyl (C=O) groups is 2. The predicted molar refractivity (Wildman–Crippen MR) is 142 cm³/mol. The van der Waals surface area contributed by atoms with Crippen LogP contribution in [0, 0.1) is 0 Å². The standard InChI is InChI=1S/C26H30N4O7S/c1-6-15-38(34,35)30(4)25-27-20(21(23(32)28-25)37-24(33)17-11-8-7-9-12-17)22(31)29-26(2,3)18-13-10-14-19(16-18)36-5/h7-14,16H,6,15H2,1-5H3,(H,29,31)(H,27,28,32). The van der Waals surface area contributed by atoms with Crippen molar-refractivity contribution in [2.45, 2.75) is 32.7 Å². The number of carbonyl (C=O) groups excluding carboxylic acids is 2. The molecule has 38 heavy (non-hydrogen) atoms. The maximum Gasteiger partial charge on any atom is 0.343 e. The van der Waals surface area contributed by atoms with E-state index < -0.39 is 50.4 Å². The van der Waals surface area contributed by atoms with E-state index in [0.717, 1.165) is 4.31 Å². The second-order valence-corrected chi connectivity index (χ2v) is 11.0. The third-order valence-electron chi connectivity index (χ3n) is 5.68. The number of methoxy groups -OCH3 is 1. The summed E-state index contributed by atoms with van der Waals surface area (Å²) >= 11 is 0. The van der Waals surface area contributed by atoms with Gasteiger partial charge in [-0.15, -0.1) is 0 Å². The molecule has 0 saturated carbocycles. The molecular formula is C26H30N4O7S. The first kappa shape index (κ1) is 28.4. The first-order chi connectivity index (χ1) is 17.9. The van der Waals surface area contributed by atoms with Crippen LogP contribution in [0.15, 0.2) is 59.4 Å². The highest BCUT2D eigenvalue weighted by Crippen LogP contribution is 2.26. The number of nitrogens with zero attached hydrogens (tertiary/aromatic N) is 2. The molecule has 0 aliphatic heterocycles. The second-order valence-electron chi connectivity index (χ2n) is 8.92. The molecule has 1 heterocycles. The van der Waals surface area contributed by atoms with E-state index >= 15 is 0 Å². The molecular weight excluding hydrogens is 512 g/mol. The van der Waals surface area contributed by atoms with Crippen LogP contribution in [0.4, 0.5) is 5.95 Å². The lowest BCUT2D eigenvalue weighted by Gasteiger charge is -2.27. The molecule has 0 saturated heterocycles. The Morgan fingerprint density at radius 1 is 1.11 bits per heavy atom. The molecule has 0 unspecified atom stereocenters. The summed E-state index contributed by atoms with van der Waals surface area (Å²) < 4.78 is 36.6. The number of benzene rings is 2. The van der Waals surface area contributed by atoms with E-state index in [-0.39, 0.29) is 11.3 Å². The predicted octanol–water partition coefficient (Wildman–Crippen LogP) is 2.84. The summed E-state index contributed by atoms with van der Waals surface area (Å²) in [7, 11) is -1.11. The lowest BCUT2D eigenvalue weighted by atomic mass is 9.94. The Kier molecular flexibility index (Phi) is 8.56. The van der Waals surface area contributed by atoms with Gasteiger partial charge >= 0.3 is 5.97 Å². The van der Waals surface area contributed by atoms with Crippen LogP contribution in [0.1, 0.15) is 53.6 Å². The Balaban J connectivity index is 2.08. The Labute approximate surface area is 220 Å². The number of amides is 1. The fraction of sp³-hybridized carbons (Fsp3) is 0.308. The minimum atomic E-state index is -3.84. The average molecular weight is 543 g/mol. The van der Waals surface area contributed by atoms with Crippen LogP contribution < -0.4 is 24.7 Å². The molecule has 11 nitrogen and oxygen atoms in total. The largest absolute Gasteiger partial charge is 0.497 e. The van der Waals surface area contributed by atoms with E-state index in [1.807, 2.05) is 0 Å². The van der Waals surface area contributed by atoms with Crippen LogP contribution in [0.2, 0.25) is 0 Å². The molecule has 1 aromatic heterocycles. The molecule has 3 aromatic rings. The molecule has 0 spiro atoms. The van der Waals surface area contributed by atoms with Gasteiger partial charge in [0.2, 0.25) is 21.7 Å². The smallest absolute Gasteiger partial charge is 0.343 e. The number of aromatic nitrogens is 2. The van der Waals surface area contributed by atoms with Crippen molar-refractivity contribution >= 4 is 27.8 Å². The number of hydrogen-bond acceptors (Lipinski definition) is 8. The van der Waals surface area contributed by atoms with Gasteiger partial charge < -0.3 is 14.8 Å². The van der Waals surface area contributed by atoms with Gasteiger partial charge in [-0.25, -0.2) is 22.5 Å². The summed E-state index contributed by atoms with van der Waals surface area (Å²) in [6, 6.07) is 14.9. The maximum atomic E-state index is 13.5. The van der Waals surface area contributed by atoms with Gasteiger partial charge in [-0.3, -0.25) is 14.6 Å². The van der Waals surface area contributed by atoms with Crippen molar-refractivity contribution in [1.82, 2.24) is 15.3 Å².